The molecule has 0 bridgehead atoms. The number of aromatic nitrogens is 4. The zero-order valence-corrected chi connectivity index (χ0v) is 19.9. The number of hydrogen-bond acceptors (Lipinski definition) is 6. The zero-order chi connectivity index (χ0) is 23.5. The minimum Gasteiger partial charge on any atom is -0.337 e. The van der Waals surface area contributed by atoms with Crippen LogP contribution < -0.4 is 10.9 Å². The topological polar surface area (TPSA) is 106 Å². The van der Waals surface area contributed by atoms with Gasteiger partial charge in [0.1, 0.15) is 11.1 Å². The Kier molecular flexibility index (Phi) is 6.42. The van der Waals surface area contributed by atoms with Crippen molar-refractivity contribution in [2.75, 3.05) is 5.75 Å². The van der Waals surface area contributed by atoms with Gasteiger partial charge in [-0.1, -0.05) is 55.6 Å². The first-order valence-corrected chi connectivity index (χ1v) is 13.0. The van der Waals surface area contributed by atoms with Crippen molar-refractivity contribution < 1.29 is 4.79 Å². The third kappa shape index (κ3) is 4.34. The van der Waals surface area contributed by atoms with E-state index in [2.05, 4.69) is 21.1 Å². The number of carbonyl (C=O) groups is 1. The van der Waals surface area contributed by atoms with Crippen LogP contribution in [0, 0.1) is 11.3 Å². The van der Waals surface area contributed by atoms with Crippen molar-refractivity contribution in [1.82, 2.24) is 24.6 Å². The molecule has 1 aromatic rings. The zero-order valence-electron chi connectivity index (χ0n) is 19.1. The second-order valence-electron chi connectivity index (χ2n) is 9.15. The van der Waals surface area contributed by atoms with Gasteiger partial charge in [0, 0.05) is 12.2 Å². The highest BCUT2D eigenvalue weighted by Gasteiger charge is 2.34. The van der Waals surface area contributed by atoms with Crippen molar-refractivity contribution >= 4 is 17.7 Å². The summed E-state index contributed by atoms with van der Waals surface area (Å²) in [7, 11) is 0. The molecule has 3 heterocycles. The summed E-state index contributed by atoms with van der Waals surface area (Å²) in [6.45, 7) is 0.764. The maximum absolute atomic E-state index is 13.3. The number of rotatable bonds is 5. The van der Waals surface area contributed by atoms with Crippen molar-refractivity contribution in [2.24, 2.45) is 0 Å². The number of nitrogens with one attached hydrogen (secondary N) is 1. The predicted octanol–water partition coefficient (Wildman–Crippen LogP) is 3.69. The van der Waals surface area contributed by atoms with Crippen LogP contribution >= 0.6 is 11.8 Å². The summed E-state index contributed by atoms with van der Waals surface area (Å²) >= 11 is 1.36. The number of benzene rings is 1. The van der Waals surface area contributed by atoms with Gasteiger partial charge in [0.2, 0.25) is 5.91 Å². The minimum atomic E-state index is -0.747. The molecule has 0 radical (unpaired) electrons. The maximum atomic E-state index is 13.3. The first-order chi connectivity index (χ1) is 16.6. The maximum Gasteiger partial charge on any atom is 0.284 e. The van der Waals surface area contributed by atoms with Crippen molar-refractivity contribution in [1.29, 1.82) is 5.26 Å². The molecular formula is C25H28N6O2S. The summed E-state index contributed by atoms with van der Waals surface area (Å²) in [5.74, 6) is 0.439. The van der Waals surface area contributed by atoms with Gasteiger partial charge in [0.05, 0.1) is 17.5 Å². The summed E-state index contributed by atoms with van der Waals surface area (Å²) in [6, 6.07) is 11.7. The van der Waals surface area contributed by atoms with Crippen molar-refractivity contribution in [3.8, 4) is 23.1 Å². The molecule has 0 aromatic heterocycles. The molecular weight excluding hydrogens is 448 g/mol. The Labute approximate surface area is 202 Å². The fraction of sp³-hybridized carbons (Fsp3) is 0.480. The van der Waals surface area contributed by atoms with Gasteiger partial charge in [-0.2, -0.15) is 9.94 Å². The van der Waals surface area contributed by atoms with Gasteiger partial charge in [0.25, 0.3) is 5.56 Å². The molecule has 176 valence electrons. The molecule has 1 fully saturated rings. The Morgan fingerprint density at radius 2 is 1.88 bits per heavy atom. The van der Waals surface area contributed by atoms with E-state index in [4.69, 9.17) is 4.98 Å². The largest absolute Gasteiger partial charge is 0.337 e. The summed E-state index contributed by atoms with van der Waals surface area (Å²) in [5, 5.41) is 17.9. The molecule has 0 saturated heterocycles. The molecule has 8 nitrogen and oxygen atoms in total. The molecule has 1 aromatic carbocycles. The van der Waals surface area contributed by atoms with Crippen LogP contribution in [0.3, 0.4) is 0 Å². The smallest absolute Gasteiger partial charge is 0.284 e. The van der Waals surface area contributed by atoms with E-state index in [0.717, 1.165) is 57.2 Å². The predicted molar refractivity (Wildman–Crippen MR) is 130 cm³/mol. The number of amides is 1. The second kappa shape index (κ2) is 9.63. The lowest BCUT2D eigenvalue weighted by atomic mass is 9.83. The number of carbonyl (C=O) groups excluding carboxylic acids is 1. The Balaban J connectivity index is 1.46. The Bertz CT molecular complexity index is 1250. The highest BCUT2D eigenvalue weighted by Crippen LogP contribution is 2.31. The van der Waals surface area contributed by atoms with Crippen molar-refractivity contribution in [3.05, 3.63) is 46.4 Å². The molecule has 4 aliphatic rings. The summed E-state index contributed by atoms with van der Waals surface area (Å²) in [4.78, 5) is 30.9. The Hall–Kier alpha value is -3.12. The molecule has 1 N–H and O–H groups in total. The first-order valence-electron chi connectivity index (χ1n) is 12.0. The fourth-order valence-electron chi connectivity index (χ4n) is 5.06. The third-order valence-electron chi connectivity index (χ3n) is 6.80. The molecule has 34 heavy (non-hydrogen) atoms. The lowest BCUT2D eigenvalue weighted by Gasteiger charge is -2.31. The van der Waals surface area contributed by atoms with Gasteiger partial charge < -0.3 is 9.88 Å². The van der Waals surface area contributed by atoms with E-state index < -0.39 is 5.54 Å². The molecule has 1 amide bonds. The summed E-state index contributed by atoms with van der Waals surface area (Å²) < 4.78 is 3.52. The highest BCUT2D eigenvalue weighted by molar-refractivity contribution is 7.99. The molecule has 1 saturated carbocycles. The molecule has 0 spiro atoms. The first kappa shape index (κ1) is 22.7. The van der Waals surface area contributed by atoms with Crippen LogP contribution in [0.2, 0.25) is 0 Å². The van der Waals surface area contributed by atoms with Crippen LogP contribution in [0.5, 0.6) is 0 Å². The molecule has 1 aliphatic carbocycles. The number of thioether (sulfide) groups is 1. The van der Waals surface area contributed by atoms with Crippen LogP contribution in [0.25, 0.3) is 17.1 Å². The van der Waals surface area contributed by atoms with Gasteiger partial charge in [-0.15, -0.1) is 5.10 Å². The van der Waals surface area contributed by atoms with E-state index >= 15 is 0 Å². The van der Waals surface area contributed by atoms with Crippen molar-refractivity contribution in [2.45, 2.75) is 75.0 Å². The number of fused-ring (bicyclic) bond motifs is 3. The van der Waals surface area contributed by atoms with E-state index in [0.29, 0.717) is 35.1 Å². The lowest BCUT2D eigenvalue weighted by molar-refractivity contribution is -0.120. The number of para-hydroxylation sites is 1. The molecule has 5 rings (SSSR count). The van der Waals surface area contributed by atoms with Gasteiger partial charge in [-0.3, -0.25) is 9.59 Å². The molecule has 0 unspecified atom stereocenters. The van der Waals surface area contributed by atoms with Gasteiger partial charge in [-0.25, -0.2) is 4.98 Å². The number of nitriles is 1. The summed E-state index contributed by atoms with van der Waals surface area (Å²) in [5.41, 5.74) is 1.34. The van der Waals surface area contributed by atoms with Gasteiger partial charge in [0.15, 0.2) is 11.0 Å². The lowest BCUT2D eigenvalue weighted by Crippen LogP contribution is -2.49. The second-order valence-corrected chi connectivity index (χ2v) is 10.1. The van der Waals surface area contributed by atoms with Crippen LogP contribution in [-0.4, -0.2) is 36.5 Å². The SMILES string of the molecule is N#CC1(NC(=O)CSc2nc3nn(-c4ccccc4)c(=O)c-3c3n2CCCCC3)CCCCC1. The normalized spacial score (nSPS) is 17.5. The Morgan fingerprint density at radius 3 is 2.65 bits per heavy atom. The Morgan fingerprint density at radius 1 is 1.12 bits per heavy atom. The van der Waals surface area contributed by atoms with Gasteiger partial charge >= 0.3 is 0 Å². The standard InChI is InChI=1S/C25H28N6O2S/c26-17-25(13-7-3-8-14-25)28-20(32)16-34-24-27-22-21(19-12-6-2-9-15-30(19)24)23(33)31(29-22)18-10-4-1-5-11-18/h1,4-5,10-11H,2-3,6-9,12-16H2,(H,28,32). The summed E-state index contributed by atoms with van der Waals surface area (Å²) in [6.07, 6.45) is 8.32. The quantitative estimate of drug-likeness (QED) is 0.445. The molecule has 9 heteroatoms. The molecule has 3 aliphatic heterocycles. The minimum absolute atomic E-state index is 0.151. The number of hydrogen-bond donors (Lipinski definition) is 1. The third-order valence-corrected chi connectivity index (χ3v) is 7.78. The highest BCUT2D eigenvalue weighted by atomic mass is 32.2. The van der Waals surface area contributed by atoms with E-state index in [1.165, 1.54) is 16.4 Å². The average Bonchev–Trinajstić information content (AvgIpc) is 3.03. The van der Waals surface area contributed by atoms with E-state index in [1.54, 1.807) is 0 Å². The van der Waals surface area contributed by atoms with Crippen LogP contribution in [0.1, 0.15) is 57.1 Å². The average molecular weight is 477 g/mol. The fourth-order valence-corrected chi connectivity index (χ4v) is 5.90. The van der Waals surface area contributed by atoms with E-state index in [-0.39, 0.29) is 17.2 Å². The van der Waals surface area contributed by atoms with Crippen LogP contribution in [0.15, 0.2) is 40.3 Å². The number of nitrogens with zero attached hydrogens (tertiary/aromatic N) is 5. The van der Waals surface area contributed by atoms with E-state index in [1.807, 2.05) is 30.3 Å². The van der Waals surface area contributed by atoms with Crippen molar-refractivity contribution in [3.63, 3.8) is 0 Å². The van der Waals surface area contributed by atoms with E-state index in [9.17, 15) is 14.9 Å². The van der Waals surface area contributed by atoms with Gasteiger partial charge in [-0.05, 0) is 44.2 Å². The van der Waals surface area contributed by atoms with Crippen LogP contribution in [-0.2, 0) is 17.8 Å². The molecule has 0 atom stereocenters. The monoisotopic (exact) mass is 476 g/mol. The van der Waals surface area contributed by atoms with Crippen LogP contribution in [0.4, 0.5) is 0 Å².